The van der Waals surface area contributed by atoms with Crippen molar-refractivity contribution >= 4 is 15.9 Å². The van der Waals surface area contributed by atoms with Crippen LogP contribution in [-0.2, 0) is 6.54 Å². The highest BCUT2D eigenvalue weighted by Crippen LogP contribution is 2.23. The van der Waals surface area contributed by atoms with Crippen molar-refractivity contribution in [3.05, 3.63) is 70.2 Å². The predicted octanol–water partition coefficient (Wildman–Crippen LogP) is 4.98. The minimum atomic E-state index is 0.554. The molecule has 1 N–H and O–H groups in total. The van der Waals surface area contributed by atoms with Crippen LogP contribution < -0.4 is 5.32 Å². The van der Waals surface area contributed by atoms with Crippen LogP contribution in [0.5, 0.6) is 0 Å². The van der Waals surface area contributed by atoms with E-state index in [1.165, 1.54) is 15.6 Å². The zero-order valence-corrected chi connectivity index (χ0v) is 13.7. The molecule has 0 heterocycles. The number of nitrogens with one attached hydrogen (secondary N) is 1. The van der Waals surface area contributed by atoms with E-state index in [0.717, 1.165) is 13.1 Å². The maximum atomic E-state index is 3.60. The molecule has 1 unspecified atom stereocenters. The van der Waals surface area contributed by atoms with Crippen molar-refractivity contribution in [2.24, 2.45) is 5.92 Å². The van der Waals surface area contributed by atoms with Crippen molar-refractivity contribution in [3.63, 3.8) is 0 Å². The maximum absolute atomic E-state index is 3.60. The van der Waals surface area contributed by atoms with E-state index in [-0.39, 0.29) is 0 Å². The molecule has 0 saturated heterocycles. The fourth-order valence-corrected chi connectivity index (χ4v) is 2.87. The Morgan fingerprint density at radius 3 is 2.25 bits per heavy atom. The van der Waals surface area contributed by atoms with Gasteiger partial charge in [0.15, 0.2) is 0 Å². The third-order valence-electron chi connectivity index (χ3n) is 3.67. The number of hydrogen-bond donors (Lipinski definition) is 1. The largest absolute Gasteiger partial charge is 0.312 e. The highest BCUT2D eigenvalue weighted by Gasteiger charge is 2.15. The van der Waals surface area contributed by atoms with Crippen LogP contribution in [0.1, 0.15) is 30.9 Å². The quantitative estimate of drug-likeness (QED) is 0.787. The highest BCUT2D eigenvalue weighted by molar-refractivity contribution is 9.10. The van der Waals surface area contributed by atoms with Gasteiger partial charge in [-0.25, -0.2) is 0 Å². The Kier molecular flexibility index (Phi) is 5.81. The van der Waals surface area contributed by atoms with Crippen molar-refractivity contribution in [2.45, 2.75) is 26.3 Å². The van der Waals surface area contributed by atoms with Gasteiger partial charge in [-0.3, -0.25) is 0 Å². The van der Waals surface area contributed by atoms with Gasteiger partial charge in [-0.2, -0.15) is 0 Å². The average molecular weight is 332 g/mol. The number of rotatable bonds is 6. The van der Waals surface area contributed by atoms with Crippen molar-refractivity contribution < 1.29 is 0 Å². The predicted molar refractivity (Wildman–Crippen MR) is 89.9 cm³/mol. The third kappa shape index (κ3) is 4.19. The standard InChI is InChI=1S/C18H22BrN/c1-14(2)17(15-8-4-3-5-9-15)13-20-12-16-10-6-7-11-18(16)19/h3-11,14,17,20H,12-13H2,1-2H3. The Hall–Kier alpha value is -1.12. The second kappa shape index (κ2) is 7.61. The molecule has 0 bridgehead atoms. The third-order valence-corrected chi connectivity index (χ3v) is 4.44. The zero-order chi connectivity index (χ0) is 14.4. The summed E-state index contributed by atoms with van der Waals surface area (Å²) in [5.41, 5.74) is 2.73. The molecule has 0 spiro atoms. The molecule has 20 heavy (non-hydrogen) atoms. The van der Waals surface area contributed by atoms with E-state index in [0.29, 0.717) is 11.8 Å². The van der Waals surface area contributed by atoms with E-state index >= 15 is 0 Å². The van der Waals surface area contributed by atoms with Crippen molar-refractivity contribution in [2.75, 3.05) is 6.54 Å². The summed E-state index contributed by atoms with van der Waals surface area (Å²) in [6.07, 6.45) is 0. The van der Waals surface area contributed by atoms with Gasteiger partial charge in [0.05, 0.1) is 0 Å². The van der Waals surface area contributed by atoms with Gasteiger partial charge in [0.25, 0.3) is 0 Å². The summed E-state index contributed by atoms with van der Waals surface area (Å²) in [6, 6.07) is 19.2. The summed E-state index contributed by atoms with van der Waals surface area (Å²) in [7, 11) is 0. The summed E-state index contributed by atoms with van der Waals surface area (Å²) in [6.45, 7) is 6.48. The van der Waals surface area contributed by atoms with Gasteiger partial charge >= 0.3 is 0 Å². The first kappa shape index (κ1) is 15.3. The van der Waals surface area contributed by atoms with Gasteiger partial charge in [0.2, 0.25) is 0 Å². The van der Waals surface area contributed by atoms with Gasteiger partial charge < -0.3 is 5.32 Å². The lowest BCUT2D eigenvalue weighted by atomic mass is 9.88. The number of hydrogen-bond acceptors (Lipinski definition) is 1. The monoisotopic (exact) mass is 331 g/mol. The lowest BCUT2D eigenvalue weighted by Crippen LogP contribution is -2.24. The molecule has 0 aromatic heterocycles. The SMILES string of the molecule is CC(C)C(CNCc1ccccc1Br)c1ccccc1. The van der Waals surface area contributed by atoms with Crippen LogP contribution in [0.3, 0.4) is 0 Å². The van der Waals surface area contributed by atoms with E-state index in [2.05, 4.69) is 89.7 Å². The normalized spacial score (nSPS) is 12.6. The summed E-state index contributed by atoms with van der Waals surface area (Å²) in [5.74, 6) is 1.18. The molecule has 0 aliphatic heterocycles. The summed E-state index contributed by atoms with van der Waals surface area (Å²) >= 11 is 3.60. The average Bonchev–Trinajstić information content (AvgIpc) is 2.46. The van der Waals surface area contributed by atoms with Crippen LogP contribution in [0.15, 0.2) is 59.1 Å². The van der Waals surface area contributed by atoms with Crippen LogP contribution in [0.2, 0.25) is 0 Å². The van der Waals surface area contributed by atoms with Gasteiger partial charge in [-0.15, -0.1) is 0 Å². The first-order valence-corrected chi connectivity index (χ1v) is 7.97. The topological polar surface area (TPSA) is 12.0 Å². The van der Waals surface area contributed by atoms with Crippen LogP contribution >= 0.6 is 15.9 Å². The van der Waals surface area contributed by atoms with E-state index in [1.54, 1.807) is 0 Å². The minimum absolute atomic E-state index is 0.554. The molecule has 1 nitrogen and oxygen atoms in total. The highest BCUT2D eigenvalue weighted by atomic mass is 79.9. The molecule has 2 heteroatoms. The van der Waals surface area contributed by atoms with Gasteiger partial charge in [-0.05, 0) is 29.0 Å². The lowest BCUT2D eigenvalue weighted by molar-refractivity contribution is 0.461. The number of halogens is 1. The summed E-state index contributed by atoms with van der Waals surface area (Å²) < 4.78 is 1.17. The van der Waals surface area contributed by atoms with Crippen LogP contribution in [0, 0.1) is 5.92 Å². The Balaban J connectivity index is 1.95. The Morgan fingerprint density at radius 2 is 1.60 bits per heavy atom. The molecule has 0 saturated carbocycles. The maximum Gasteiger partial charge on any atom is 0.0220 e. The first-order valence-electron chi connectivity index (χ1n) is 7.17. The molecule has 2 aromatic carbocycles. The molecule has 0 amide bonds. The smallest absolute Gasteiger partial charge is 0.0220 e. The van der Waals surface area contributed by atoms with Crippen LogP contribution in [0.4, 0.5) is 0 Å². The molecule has 2 rings (SSSR count). The second-order valence-corrected chi connectivity index (χ2v) is 6.34. The van der Waals surface area contributed by atoms with Gasteiger partial charge in [0, 0.05) is 17.6 Å². The Morgan fingerprint density at radius 1 is 0.950 bits per heavy atom. The second-order valence-electron chi connectivity index (χ2n) is 5.48. The van der Waals surface area contributed by atoms with E-state index in [9.17, 15) is 0 Å². The van der Waals surface area contributed by atoms with Crippen molar-refractivity contribution in [1.82, 2.24) is 5.32 Å². The first-order chi connectivity index (χ1) is 9.68. The Bertz CT molecular complexity index is 522. The molecule has 0 fully saturated rings. The van der Waals surface area contributed by atoms with Crippen LogP contribution in [-0.4, -0.2) is 6.54 Å². The van der Waals surface area contributed by atoms with Gasteiger partial charge in [-0.1, -0.05) is 78.3 Å². The van der Waals surface area contributed by atoms with Crippen molar-refractivity contribution in [3.8, 4) is 0 Å². The molecule has 0 radical (unpaired) electrons. The van der Waals surface area contributed by atoms with E-state index in [1.807, 2.05) is 0 Å². The van der Waals surface area contributed by atoms with Gasteiger partial charge in [0.1, 0.15) is 0 Å². The molecule has 0 aliphatic carbocycles. The van der Waals surface area contributed by atoms with E-state index in [4.69, 9.17) is 0 Å². The summed E-state index contributed by atoms with van der Waals surface area (Å²) in [5, 5.41) is 3.59. The Labute approximate surface area is 130 Å². The zero-order valence-electron chi connectivity index (χ0n) is 12.1. The molecule has 106 valence electrons. The molecule has 2 aromatic rings. The fraction of sp³-hybridized carbons (Fsp3) is 0.333. The van der Waals surface area contributed by atoms with Crippen LogP contribution in [0.25, 0.3) is 0 Å². The van der Waals surface area contributed by atoms with E-state index < -0.39 is 0 Å². The molecule has 1 atom stereocenters. The minimum Gasteiger partial charge on any atom is -0.312 e. The molecule has 0 aliphatic rings. The fourth-order valence-electron chi connectivity index (χ4n) is 2.44. The molecular weight excluding hydrogens is 310 g/mol. The molecular formula is C18H22BrN. The number of benzene rings is 2. The lowest BCUT2D eigenvalue weighted by Gasteiger charge is -2.22. The summed E-state index contributed by atoms with van der Waals surface area (Å²) in [4.78, 5) is 0. The van der Waals surface area contributed by atoms with Crippen molar-refractivity contribution in [1.29, 1.82) is 0 Å².